The monoisotopic (exact) mass is 764 g/mol. The highest BCUT2D eigenvalue weighted by molar-refractivity contribution is 6.06. The van der Waals surface area contributed by atoms with Gasteiger partial charge in [-0.25, -0.2) is 9.97 Å². The molecule has 1 atom stereocenters. The maximum absolute atomic E-state index is 5.30. The van der Waals surface area contributed by atoms with Crippen LogP contribution in [0, 0.1) is 0 Å². The van der Waals surface area contributed by atoms with Crippen molar-refractivity contribution in [3.63, 3.8) is 0 Å². The van der Waals surface area contributed by atoms with Crippen molar-refractivity contribution in [3.05, 3.63) is 241 Å². The van der Waals surface area contributed by atoms with Gasteiger partial charge in [0.15, 0.2) is 5.82 Å². The van der Waals surface area contributed by atoms with Gasteiger partial charge in [-0.05, 0) is 91.0 Å². The second kappa shape index (κ2) is 14.6. The number of benzene rings is 9. The molecule has 1 aromatic heterocycles. The SMILES string of the molecule is CC1(c2ccccc2)c2cc(-c3ccc(-c4cc(-c5ccccc5-c5ccccc5)nc(-c5ccccc5)n4)c4ccccc34)ccc2-c2c(-c3ccccc3)cccc21. The lowest BCUT2D eigenvalue weighted by Gasteiger charge is -2.29. The van der Waals surface area contributed by atoms with E-state index in [4.69, 9.17) is 9.97 Å². The molecule has 1 heterocycles. The number of hydrogen-bond donors (Lipinski definition) is 0. The van der Waals surface area contributed by atoms with Crippen molar-refractivity contribution in [2.45, 2.75) is 12.3 Å². The summed E-state index contributed by atoms with van der Waals surface area (Å²) in [5.41, 5.74) is 18.3. The van der Waals surface area contributed by atoms with Crippen LogP contribution in [0.4, 0.5) is 0 Å². The van der Waals surface area contributed by atoms with Crippen molar-refractivity contribution in [1.29, 1.82) is 0 Å². The molecule has 0 aliphatic heterocycles. The number of hydrogen-bond acceptors (Lipinski definition) is 2. The van der Waals surface area contributed by atoms with Crippen LogP contribution in [0.15, 0.2) is 224 Å². The molecule has 11 rings (SSSR count). The first-order valence-electron chi connectivity index (χ1n) is 20.7. The minimum Gasteiger partial charge on any atom is -0.228 e. The molecular weight excluding hydrogens is 725 g/mol. The zero-order chi connectivity index (χ0) is 40.0. The van der Waals surface area contributed by atoms with Crippen LogP contribution in [0.5, 0.6) is 0 Å². The summed E-state index contributed by atoms with van der Waals surface area (Å²) in [7, 11) is 0. The molecule has 0 amide bonds. The largest absolute Gasteiger partial charge is 0.228 e. The summed E-state index contributed by atoms with van der Waals surface area (Å²) < 4.78 is 0. The predicted molar refractivity (Wildman–Crippen MR) is 250 cm³/mol. The molecule has 9 aromatic carbocycles. The standard InChI is InChI=1S/C58H40N2/c1-58(43-25-12-5-13-26-43)52-32-18-31-46(40-21-8-3-9-22-40)56(52)51-34-33-42(37-53(51)58)45-35-36-50(48-29-16-15-28-47(45)48)55-38-54(59-57(60-55)41-23-10-4-11-24-41)49-30-17-14-27-44(49)39-19-6-2-7-20-39/h2-38H,1H3. The van der Waals surface area contributed by atoms with Crippen molar-refractivity contribution in [2.24, 2.45) is 0 Å². The molecule has 2 heteroatoms. The molecule has 0 spiro atoms. The first kappa shape index (κ1) is 35.5. The smallest absolute Gasteiger partial charge is 0.160 e. The Balaban J connectivity index is 1.09. The average Bonchev–Trinajstić information content (AvgIpc) is 3.60. The molecule has 1 aliphatic carbocycles. The number of rotatable bonds is 7. The van der Waals surface area contributed by atoms with E-state index in [0.717, 1.165) is 44.6 Å². The Morgan fingerprint density at radius 3 is 1.50 bits per heavy atom. The molecule has 60 heavy (non-hydrogen) atoms. The lowest BCUT2D eigenvalue weighted by Crippen LogP contribution is -2.22. The van der Waals surface area contributed by atoms with Gasteiger partial charge in [0.05, 0.1) is 11.4 Å². The minimum absolute atomic E-state index is 0.344. The lowest BCUT2D eigenvalue weighted by molar-refractivity contribution is 0.714. The molecule has 1 unspecified atom stereocenters. The zero-order valence-corrected chi connectivity index (χ0v) is 33.3. The summed E-state index contributed by atoms with van der Waals surface area (Å²) in [4.78, 5) is 10.5. The first-order chi connectivity index (χ1) is 29.6. The van der Waals surface area contributed by atoms with Gasteiger partial charge >= 0.3 is 0 Å². The van der Waals surface area contributed by atoms with Gasteiger partial charge in [-0.15, -0.1) is 0 Å². The van der Waals surface area contributed by atoms with Crippen molar-refractivity contribution < 1.29 is 0 Å². The van der Waals surface area contributed by atoms with Crippen LogP contribution in [-0.2, 0) is 5.41 Å². The summed E-state index contributed by atoms with van der Waals surface area (Å²) in [6.07, 6.45) is 0. The molecule has 282 valence electrons. The van der Waals surface area contributed by atoms with Crippen molar-refractivity contribution >= 4 is 10.8 Å². The topological polar surface area (TPSA) is 25.8 Å². The number of nitrogens with zero attached hydrogens (tertiary/aromatic N) is 2. The van der Waals surface area contributed by atoms with E-state index in [0.29, 0.717) is 5.82 Å². The van der Waals surface area contributed by atoms with Gasteiger partial charge in [-0.1, -0.05) is 212 Å². The third kappa shape index (κ3) is 5.88. The normalized spacial score (nSPS) is 14.2. The number of fused-ring (bicyclic) bond motifs is 4. The van der Waals surface area contributed by atoms with Crippen LogP contribution in [0.1, 0.15) is 23.6 Å². The van der Waals surface area contributed by atoms with Crippen molar-refractivity contribution in [3.8, 4) is 78.4 Å². The van der Waals surface area contributed by atoms with E-state index in [2.05, 4.69) is 213 Å². The van der Waals surface area contributed by atoms with Crippen LogP contribution < -0.4 is 0 Å². The van der Waals surface area contributed by atoms with Crippen LogP contribution >= 0.6 is 0 Å². The summed E-state index contributed by atoms with van der Waals surface area (Å²) in [5, 5.41) is 2.33. The average molecular weight is 765 g/mol. The van der Waals surface area contributed by atoms with E-state index in [1.807, 2.05) is 18.2 Å². The van der Waals surface area contributed by atoms with Gasteiger partial charge in [0.25, 0.3) is 0 Å². The molecule has 0 saturated heterocycles. The van der Waals surface area contributed by atoms with E-state index < -0.39 is 0 Å². The Kier molecular flexibility index (Phi) is 8.64. The molecule has 2 nitrogen and oxygen atoms in total. The highest BCUT2D eigenvalue weighted by Gasteiger charge is 2.42. The van der Waals surface area contributed by atoms with Crippen molar-refractivity contribution in [1.82, 2.24) is 9.97 Å². The van der Waals surface area contributed by atoms with E-state index >= 15 is 0 Å². The highest BCUT2D eigenvalue weighted by atomic mass is 14.9. The third-order valence-electron chi connectivity index (χ3n) is 12.4. The van der Waals surface area contributed by atoms with E-state index in [9.17, 15) is 0 Å². The van der Waals surface area contributed by atoms with Crippen molar-refractivity contribution in [2.75, 3.05) is 0 Å². The Bertz CT molecular complexity index is 3190. The predicted octanol–water partition coefficient (Wildman–Crippen LogP) is 15.0. The summed E-state index contributed by atoms with van der Waals surface area (Å²) in [6.45, 7) is 2.40. The maximum Gasteiger partial charge on any atom is 0.160 e. The molecule has 1 aliphatic rings. The molecule has 0 bridgehead atoms. The molecule has 0 fully saturated rings. The van der Waals surface area contributed by atoms with Gasteiger partial charge < -0.3 is 0 Å². The Morgan fingerprint density at radius 1 is 0.317 bits per heavy atom. The molecular formula is C58H40N2. The quantitative estimate of drug-likeness (QED) is 0.162. The van der Waals surface area contributed by atoms with Gasteiger partial charge in [-0.2, -0.15) is 0 Å². The number of aromatic nitrogens is 2. The zero-order valence-electron chi connectivity index (χ0n) is 33.3. The fourth-order valence-corrected chi connectivity index (χ4v) is 9.48. The molecule has 0 radical (unpaired) electrons. The highest BCUT2D eigenvalue weighted by Crippen LogP contribution is 2.56. The minimum atomic E-state index is -0.344. The van der Waals surface area contributed by atoms with Gasteiger partial charge in [-0.3, -0.25) is 0 Å². The second-order valence-electron chi connectivity index (χ2n) is 15.8. The Labute approximate surface area is 351 Å². The Hall–Kier alpha value is -7.68. The summed E-state index contributed by atoms with van der Waals surface area (Å²) >= 11 is 0. The fraction of sp³-hybridized carbons (Fsp3) is 0.0345. The molecule has 0 N–H and O–H groups in total. The van der Waals surface area contributed by atoms with E-state index in [1.165, 1.54) is 55.5 Å². The third-order valence-corrected chi connectivity index (χ3v) is 12.4. The summed E-state index contributed by atoms with van der Waals surface area (Å²) in [6, 6.07) is 80.7. The fourth-order valence-electron chi connectivity index (χ4n) is 9.48. The van der Waals surface area contributed by atoms with Gasteiger partial charge in [0.2, 0.25) is 0 Å². The Morgan fingerprint density at radius 2 is 0.817 bits per heavy atom. The van der Waals surface area contributed by atoms with Gasteiger partial charge in [0, 0.05) is 22.1 Å². The van der Waals surface area contributed by atoms with E-state index in [-0.39, 0.29) is 5.41 Å². The maximum atomic E-state index is 5.30. The molecule has 10 aromatic rings. The lowest BCUT2D eigenvalue weighted by atomic mass is 9.73. The van der Waals surface area contributed by atoms with Gasteiger partial charge in [0.1, 0.15) is 0 Å². The van der Waals surface area contributed by atoms with Crippen LogP contribution in [0.25, 0.3) is 89.2 Å². The first-order valence-corrected chi connectivity index (χ1v) is 20.7. The second-order valence-corrected chi connectivity index (χ2v) is 15.8. The molecule has 0 saturated carbocycles. The van der Waals surface area contributed by atoms with Crippen LogP contribution in [0.2, 0.25) is 0 Å². The van der Waals surface area contributed by atoms with Crippen LogP contribution in [0.3, 0.4) is 0 Å². The van der Waals surface area contributed by atoms with Crippen LogP contribution in [-0.4, -0.2) is 9.97 Å². The van der Waals surface area contributed by atoms with E-state index in [1.54, 1.807) is 0 Å². The summed E-state index contributed by atoms with van der Waals surface area (Å²) in [5.74, 6) is 0.701.